The first kappa shape index (κ1) is 8.52. The van der Waals surface area contributed by atoms with Gasteiger partial charge >= 0.3 is 0 Å². The second kappa shape index (κ2) is 3.21. The highest BCUT2D eigenvalue weighted by Crippen LogP contribution is 2.13. The molecule has 0 saturated carbocycles. The maximum Gasteiger partial charge on any atom is 0.273 e. The molecule has 1 aromatic rings. The molecule has 0 radical (unpaired) electrons. The lowest BCUT2D eigenvalue weighted by molar-refractivity contribution is 0.275. The third kappa shape index (κ3) is 1.71. The first-order chi connectivity index (χ1) is 5.15. The molecule has 0 bridgehead atoms. The fourth-order valence-corrected chi connectivity index (χ4v) is 0.826. The Morgan fingerprint density at radius 3 is 2.73 bits per heavy atom. The first-order valence-electron chi connectivity index (χ1n) is 2.70. The quantitative estimate of drug-likeness (QED) is 0.688. The van der Waals surface area contributed by atoms with E-state index in [0.717, 1.165) is 0 Å². The third-order valence-electron chi connectivity index (χ3n) is 1.05. The molecule has 0 aliphatic rings. The van der Waals surface area contributed by atoms with Crippen molar-refractivity contribution in [2.45, 2.75) is 6.61 Å². The Morgan fingerprint density at radius 1 is 1.55 bits per heavy atom. The Morgan fingerprint density at radius 2 is 2.18 bits per heavy atom. The zero-order chi connectivity index (χ0) is 8.43. The highest BCUT2D eigenvalue weighted by atomic mass is 35.5. The van der Waals surface area contributed by atoms with Crippen LogP contribution in [0.1, 0.15) is 5.69 Å². The number of aliphatic hydroxyl groups is 1. The molecule has 0 unspecified atom stereocenters. The van der Waals surface area contributed by atoms with Crippen LogP contribution in [0.15, 0.2) is 4.79 Å². The molecule has 60 valence electrons. The number of aromatic nitrogens is 2. The lowest BCUT2D eigenvalue weighted by Gasteiger charge is -1.96. The molecule has 0 amide bonds. The minimum absolute atomic E-state index is 0.0182. The number of hydrogen-bond acceptors (Lipinski definition) is 3. The van der Waals surface area contributed by atoms with E-state index in [2.05, 4.69) is 9.97 Å². The van der Waals surface area contributed by atoms with Gasteiger partial charge in [-0.15, -0.1) is 0 Å². The summed E-state index contributed by atoms with van der Waals surface area (Å²) < 4.78 is 0. The summed E-state index contributed by atoms with van der Waals surface area (Å²) in [6.07, 6.45) is 0. The van der Waals surface area contributed by atoms with E-state index in [4.69, 9.17) is 28.3 Å². The van der Waals surface area contributed by atoms with Crippen molar-refractivity contribution in [3.05, 3.63) is 26.4 Å². The summed E-state index contributed by atoms with van der Waals surface area (Å²) in [5.74, 6) is 0. The number of H-pyrrole nitrogens is 1. The van der Waals surface area contributed by atoms with Gasteiger partial charge < -0.3 is 10.1 Å². The summed E-state index contributed by atoms with van der Waals surface area (Å²) in [6, 6.07) is 0. The van der Waals surface area contributed by atoms with Crippen LogP contribution < -0.4 is 5.56 Å². The van der Waals surface area contributed by atoms with Gasteiger partial charge in [-0.3, -0.25) is 4.79 Å². The minimum Gasteiger partial charge on any atom is -0.390 e. The summed E-state index contributed by atoms with van der Waals surface area (Å²) in [5.41, 5.74) is -0.568. The fraction of sp³-hybridized carbons (Fsp3) is 0.200. The predicted octanol–water partition coefficient (Wildman–Crippen LogP) is 0.569. The molecular weight excluding hydrogens is 191 g/mol. The van der Waals surface area contributed by atoms with Crippen LogP contribution >= 0.6 is 23.2 Å². The van der Waals surface area contributed by atoms with Crippen molar-refractivity contribution in [3.8, 4) is 0 Å². The van der Waals surface area contributed by atoms with Crippen LogP contribution in [0.4, 0.5) is 0 Å². The number of halogens is 2. The number of aliphatic hydroxyl groups excluding tert-OH is 1. The molecule has 1 heterocycles. The van der Waals surface area contributed by atoms with Crippen LogP contribution in [0.2, 0.25) is 10.3 Å². The molecule has 0 spiro atoms. The van der Waals surface area contributed by atoms with Gasteiger partial charge in [0.05, 0.1) is 6.61 Å². The van der Waals surface area contributed by atoms with Gasteiger partial charge in [-0.2, -0.15) is 0 Å². The number of nitrogens with zero attached hydrogens (tertiary/aromatic N) is 1. The van der Waals surface area contributed by atoms with Gasteiger partial charge in [0.2, 0.25) is 0 Å². The summed E-state index contributed by atoms with van der Waals surface area (Å²) >= 11 is 10.9. The fourth-order valence-electron chi connectivity index (χ4n) is 0.549. The number of hydrogen-bond donors (Lipinski definition) is 2. The van der Waals surface area contributed by atoms with Crippen molar-refractivity contribution in [3.63, 3.8) is 0 Å². The second-order valence-electron chi connectivity index (χ2n) is 1.78. The topological polar surface area (TPSA) is 66.0 Å². The summed E-state index contributed by atoms with van der Waals surface area (Å²) in [5, 5.41) is 8.51. The van der Waals surface area contributed by atoms with Gasteiger partial charge in [0, 0.05) is 0 Å². The van der Waals surface area contributed by atoms with Gasteiger partial charge in [-0.1, -0.05) is 23.2 Å². The van der Waals surface area contributed by atoms with Crippen molar-refractivity contribution < 1.29 is 5.11 Å². The van der Waals surface area contributed by atoms with Crippen molar-refractivity contribution >= 4 is 23.2 Å². The molecule has 0 saturated heterocycles. The monoisotopic (exact) mass is 194 g/mol. The van der Waals surface area contributed by atoms with Crippen LogP contribution in [0.25, 0.3) is 0 Å². The molecule has 1 rings (SSSR count). The van der Waals surface area contributed by atoms with Crippen molar-refractivity contribution in [2.75, 3.05) is 0 Å². The molecule has 11 heavy (non-hydrogen) atoms. The average Bonchev–Trinajstić information content (AvgIpc) is 1.97. The van der Waals surface area contributed by atoms with E-state index in [1.165, 1.54) is 0 Å². The van der Waals surface area contributed by atoms with Crippen LogP contribution in [0.5, 0.6) is 0 Å². The van der Waals surface area contributed by atoms with Crippen LogP contribution in [-0.4, -0.2) is 15.1 Å². The van der Waals surface area contributed by atoms with Crippen molar-refractivity contribution in [1.82, 2.24) is 9.97 Å². The van der Waals surface area contributed by atoms with Crippen molar-refractivity contribution in [1.29, 1.82) is 0 Å². The van der Waals surface area contributed by atoms with Crippen molar-refractivity contribution in [2.24, 2.45) is 0 Å². The highest BCUT2D eigenvalue weighted by Gasteiger charge is 2.04. The maximum absolute atomic E-state index is 10.8. The molecule has 4 nitrogen and oxygen atoms in total. The molecule has 6 heteroatoms. The Bertz CT molecular complexity index is 323. The molecule has 1 aromatic heterocycles. The third-order valence-corrected chi connectivity index (χ3v) is 1.69. The normalized spacial score (nSPS) is 10.1. The summed E-state index contributed by atoms with van der Waals surface area (Å²) in [6.45, 7) is -0.452. The van der Waals surface area contributed by atoms with E-state index < -0.39 is 12.2 Å². The van der Waals surface area contributed by atoms with E-state index in [1.807, 2.05) is 0 Å². The van der Waals surface area contributed by atoms with Crippen LogP contribution in [-0.2, 0) is 6.61 Å². The van der Waals surface area contributed by atoms with Crippen LogP contribution in [0, 0.1) is 0 Å². The zero-order valence-corrected chi connectivity index (χ0v) is 6.78. The summed E-state index contributed by atoms with van der Waals surface area (Å²) in [4.78, 5) is 16.5. The molecular formula is C5H4Cl2N2O2. The molecule has 0 fully saturated rings. The Kier molecular flexibility index (Phi) is 2.49. The first-order valence-corrected chi connectivity index (χ1v) is 3.46. The van der Waals surface area contributed by atoms with Gasteiger partial charge in [-0.25, -0.2) is 4.98 Å². The summed E-state index contributed by atoms with van der Waals surface area (Å²) in [7, 11) is 0. The van der Waals surface area contributed by atoms with E-state index >= 15 is 0 Å². The lowest BCUT2D eigenvalue weighted by Crippen LogP contribution is -2.15. The van der Waals surface area contributed by atoms with E-state index in [0.29, 0.717) is 0 Å². The van der Waals surface area contributed by atoms with Gasteiger partial charge in [-0.05, 0) is 0 Å². The smallest absolute Gasteiger partial charge is 0.273 e. The number of rotatable bonds is 1. The highest BCUT2D eigenvalue weighted by molar-refractivity contribution is 6.40. The Balaban J connectivity index is 3.32. The molecule has 0 aliphatic heterocycles. The van der Waals surface area contributed by atoms with Gasteiger partial charge in [0.15, 0.2) is 5.15 Å². The average molecular weight is 195 g/mol. The minimum atomic E-state index is -0.526. The molecule has 0 aliphatic carbocycles. The largest absolute Gasteiger partial charge is 0.390 e. The molecule has 0 atom stereocenters. The van der Waals surface area contributed by atoms with E-state index in [1.54, 1.807) is 0 Å². The standard InChI is InChI=1S/C5H4Cl2N2O2/c6-3-4(7)9-5(11)2(1-10)8-3/h10H,1H2,(H,9,11). The SMILES string of the molecule is O=c1[nH]c(Cl)c(Cl)nc1CO. The lowest BCUT2D eigenvalue weighted by atomic mass is 10.5. The zero-order valence-electron chi connectivity index (χ0n) is 5.27. The molecule has 0 aromatic carbocycles. The maximum atomic E-state index is 10.8. The number of aromatic amines is 1. The van der Waals surface area contributed by atoms with Gasteiger partial charge in [0.1, 0.15) is 10.8 Å². The predicted molar refractivity (Wildman–Crippen MR) is 40.8 cm³/mol. The number of nitrogens with one attached hydrogen (secondary N) is 1. The molecule has 2 N–H and O–H groups in total. The Labute approximate surface area is 71.8 Å². The second-order valence-corrected chi connectivity index (χ2v) is 2.51. The Hall–Kier alpha value is -0.580. The van der Waals surface area contributed by atoms with E-state index in [9.17, 15) is 4.79 Å². The van der Waals surface area contributed by atoms with Gasteiger partial charge in [0.25, 0.3) is 5.56 Å². The van der Waals surface area contributed by atoms with E-state index in [-0.39, 0.29) is 16.0 Å². The van der Waals surface area contributed by atoms with Crippen LogP contribution in [0.3, 0.4) is 0 Å².